The van der Waals surface area contributed by atoms with E-state index in [0.29, 0.717) is 12.1 Å². The fraction of sp³-hybridized carbons (Fsp3) is 0.333. The van der Waals surface area contributed by atoms with Crippen LogP contribution in [-0.2, 0) is 4.79 Å². The van der Waals surface area contributed by atoms with Gasteiger partial charge < -0.3 is 10.4 Å². The summed E-state index contributed by atoms with van der Waals surface area (Å²) in [6.45, 7) is 1.66. The van der Waals surface area contributed by atoms with Crippen molar-refractivity contribution in [2.24, 2.45) is 0 Å². The number of rotatable bonds is 4. The van der Waals surface area contributed by atoms with Crippen LogP contribution in [0.1, 0.15) is 13.3 Å². The van der Waals surface area contributed by atoms with E-state index < -0.39 is 23.9 Å². The second-order valence-electron chi connectivity index (χ2n) is 3.78. The molecule has 0 saturated carbocycles. The van der Waals surface area contributed by atoms with E-state index in [9.17, 15) is 14.0 Å². The number of carbonyl (C=O) groups is 2. The first kappa shape index (κ1) is 14.0. The Morgan fingerprint density at radius 2 is 1.94 bits per heavy atom. The molecule has 2 N–H and O–H groups in total. The molecule has 0 heterocycles. The van der Waals surface area contributed by atoms with E-state index >= 15 is 0 Å². The van der Waals surface area contributed by atoms with Crippen LogP contribution < -0.4 is 10.2 Å². The van der Waals surface area contributed by atoms with Gasteiger partial charge >= 0.3 is 12.0 Å². The molecule has 98 valence electrons. The molecule has 1 aromatic rings. The number of carboxylic acid groups (broad SMARTS) is 1. The van der Waals surface area contributed by atoms with Crippen molar-refractivity contribution in [3.63, 3.8) is 0 Å². The predicted molar refractivity (Wildman–Crippen MR) is 65.0 cm³/mol. The van der Waals surface area contributed by atoms with Gasteiger partial charge in [0.25, 0.3) is 0 Å². The van der Waals surface area contributed by atoms with Crippen molar-refractivity contribution in [3.8, 4) is 0 Å². The first-order valence-electron chi connectivity index (χ1n) is 5.48. The molecule has 1 rings (SSSR count). The normalized spacial score (nSPS) is 11.7. The van der Waals surface area contributed by atoms with Gasteiger partial charge in [-0.2, -0.15) is 0 Å². The number of anilines is 1. The van der Waals surface area contributed by atoms with Crippen LogP contribution in [0, 0.1) is 5.82 Å². The average Bonchev–Trinajstić information content (AvgIpc) is 2.35. The summed E-state index contributed by atoms with van der Waals surface area (Å²) in [6.07, 6.45) is 0.290. The van der Waals surface area contributed by atoms with Crippen molar-refractivity contribution < 1.29 is 19.1 Å². The number of halogens is 1. The number of hydrogen-bond donors (Lipinski definition) is 2. The number of carbonyl (C=O) groups excluding carboxylic acids is 1. The fourth-order valence-electron chi connectivity index (χ4n) is 1.37. The molecule has 0 radical (unpaired) electrons. The Labute approximate surface area is 104 Å². The predicted octanol–water partition coefficient (Wildman–Crippen LogP) is 1.83. The number of benzene rings is 1. The van der Waals surface area contributed by atoms with Crippen LogP contribution >= 0.6 is 0 Å². The number of nitrogens with one attached hydrogen (secondary N) is 1. The lowest BCUT2D eigenvalue weighted by Crippen LogP contribution is -2.46. The Morgan fingerprint density at radius 1 is 1.39 bits per heavy atom. The largest absolute Gasteiger partial charge is 0.480 e. The molecule has 0 spiro atoms. The standard InChI is InChI=1S/C12H15FN2O3/c1-3-10(11(16)17)14-12(18)15(2)9-6-4-8(13)5-7-9/h4-7,10H,3H2,1-2H3,(H,14,18)(H,16,17)/t10-/m0/s1. The maximum atomic E-state index is 12.7. The highest BCUT2D eigenvalue weighted by Gasteiger charge is 2.20. The quantitative estimate of drug-likeness (QED) is 0.861. The number of hydrogen-bond acceptors (Lipinski definition) is 2. The van der Waals surface area contributed by atoms with Gasteiger partial charge in [0.1, 0.15) is 11.9 Å². The van der Waals surface area contributed by atoms with Crippen LogP contribution in [0.5, 0.6) is 0 Å². The van der Waals surface area contributed by atoms with Crippen LogP contribution in [0.3, 0.4) is 0 Å². The van der Waals surface area contributed by atoms with Crippen molar-refractivity contribution in [3.05, 3.63) is 30.1 Å². The molecule has 18 heavy (non-hydrogen) atoms. The van der Waals surface area contributed by atoms with E-state index in [1.165, 1.54) is 36.2 Å². The molecule has 2 amide bonds. The number of urea groups is 1. The molecule has 1 atom stereocenters. The monoisotopic (exact) mass is 254 g/mol. The Hall–Kier alpha value is -2.11. The van der Waals surface area contributed by atoms with E-state index in [2.05, 4.69) is 5.32 Å². The third-order valence-corrected chi connectivity index (χ3v) is 2.52. The molecule has 1 aromatic carbocycles. The van der Waals surface area contributed by atoms with Gasteiger partial charge in [-0.25, -0.2) is 14.0 Å². The number of aliphatic carboxylic acids is 1. The maximum absolute atomic E-state index is 12.7. The van der Waals surface area contributed by atoms with Crippen molar-refractivity contribution in [2.75, 3.05) is 11.9 Å². The molecular weight excluding hydrogens is 239 g/mol. The van der Waals surface area contributed by atoms with E-state index in [1.807, 2.05) is 0 Å². The van der Waals surface area contributed by atoms with Gasteiger partial charge in [0.05, 0.1) is 0 Å². The highest BCUT2D eigenvalue weighted by Crippen LogP contribution is 2.13. The summed E-state index contributed by atoms with van der Waals surface area (Å²) in [7, 11) is 1.48. The zero-order chi connectivity index (χ0) is 13.7. The molecule has 0 aliphatic carbocycles. The molecule has 5 nitrogen and oxygen atoms in total. The maximum Gasteiger partial charge on any atom is 0.326 e. The Morgan fingerprint density at radius 3 is 2.39 bits per heavy atom. The van der Waals surface area contributed by atoms with Gasteiger partial charge in [0.15, 0.2) is 0 Å². The van der Waals surface area contributed by atoms with E-state index in [1.54, 1.807) is 6.92 Å². The zero-order valence-corrected chi connectivity index (χ0v) is 10.2. The van der Waals surface area contributed by atoms with Crippen LogP contribution in [0.15, 0.2) is 24.3 Å². The van der Waals surface area contributed by atoms with Gasteiger partial charge in [0.2, 0.25) is 0 Å². The van der Waals surface area contributed by atoms with Crippen molar-refractivity contribution in [1.29, 1.82) is 0 Å². The van der Waals surface area contributed by atoms with E-state index in [0.717, 1.165) is 0 Å². The summed E-state index contributed by atoms with van der Waals surface area (Å²) in [6, 6.07) is 3.87. The second kappa shape index (κ2) is 6.00. The van der Waals surface area contributed by atoms with Gasteiger partial charge in [-0.3, -0.25) is 4.90 Å². The first-order chi connectivity index (χ1) is 8.45. The zero-order valence-electron chi connectivity index (χ0n) is 10.2. The molecule has 0 fully saturated rings. The minimum atomic E-state index is -1.08. The van der Waals surface area contributed by atoms with Gasteiger partial charge in [-0.05, 0) is 30.7 Å². The van der Waals surface area contributed by atoms with Gasteiger partial charge in [0, 0.05) is 12.7 Å². The summed E-state index contributed by atoms with van der Waals surface area (Å²) >= 11 is 0. The number of carboxylic acids is 1. The lowest BCUT2D eigenvalue weighted by atomic mass is 10.2. The van der Waals surface area contributed by atoms with Crippen molar-refractivity contribution >= 4 is 17.7 Å². The minimum Gasteiger partial charge on any atom is -0.480 e. The van der Waals surface area contributed by atoms with E-state index in [-0.39, 0.29) is 0 Å². The van der Waals surface area contributed by atoms with E-state index in [4.69, 9.17) is 5.11 Å². The van der Waals surface area contributed by atoms with Crippen LogP contribution in [0.2, 0.25) is 0 Å². The summed E-state index contributed by atoms with van der Waals surface area (Å²) < 4.78 is 12.7. The topological polar surface area (TPSA) is 69.6 Å². The Balaban J connectivity index is 2.72. The highest BCUT2D eigenvalue weighted by molar-refractivity contribution is 5.93. The third-order valence-electron chi connectivity index (χ3n) is 2.52. The van der Waals surface area contributed by atoms with Crippen LogP contribution in [0.25, 0.3) is 0 Å². The lowest BCUT2D eigenvalue weighted by molar-refractivity contribution is -0.139. The molecule has 6 heteroatoms. The Kier molecular flexibility index (Phi) is 4.65. The van der Waals surface area contributed by atoms with Gasteiger partial charge in [-0.1, -0.05) is 6.92 Å². The molecule has 0 saturated heterocycles. The van der Waals surface area contributed by atoms with Crippen molar-refractivity contribution in [2.45, 2.75) is 19.4 Å². The highest BCUT2D eigenvalue weighted by atomic mass is 19.1. The molecule has 0 bridgehead atoms. The second-order valence-corrected chi connectivity index (χ2v) is 3.78. The number of amides is 2. The van der Waals surface area contributed by atoms with Crippen LogP contribution in [0.4, 0.5) is 14.9 Å². The summed E-state index contributed by atoms with van der Waals surface area (Å²) in [5, 5.41) is 11.2. The molecular formula is C12H15FN2O3. The minimum absolute atomic E-state index is 0.290. The lowest BCUT2D eigenvalue weighted by Gasteiger charge is -2.20. The summed E-state index contributed by atoms with van der Waals surface area (Å²) in [5.74, 6) is -1.48. The average molecular weight is 254 g/mol. The summed E-state index contributed by atoms with van der Waals surface area (Å²) in [5.41, 5.74) is 0.481. The van der Waals surface area contributed by atoms with Gasteiger partial charge in [-0.15, -0.1) is 0 Å². The van der Waals surface area contributed by atoms with Crippen LogP contribution in [-0.4, -0.2) is 30.2 Å². The Bertz CT molecular complexity index is 433. The fourth-order valence-corrected chi connectivity index (χ4v) is 1.37. The SMILES string of the molecule is CC[C@H](NC(=O)N(C)c1ccc(F)cc1)C(=O)O. The number of nitrogens with zero attached hydrogens (tertiary/aromatic N) is 1. The third kappa shape index (κ3) is 3.44. The molecule has 0 aromatic heterocycles. The van der Waals surface area contributed by atoms with Crippen molar-refractivity contribution in [1.82, 2.24) is 5.32 Å². The molecule has 0 unspecified atom stereocenters. The smallest absolute Gasteiger partial charge is 0.326 e. The molecule has 0 aliphatic heterocycles. The summed E-state index contributed by atoms with van der Waals surface area (Å²) in [4.78, 5) is 23.8. The molecule has 0 aliphatic rings. The first-order valence-corrected chi connectivity index (χ1v) is 5.48.